The van der Waals surface area contributed by atoms with E-state index in [1.165, 1.54) is 24.2 Å². The van der Waals surface area contributed by atoms with E-state index in [1.807, 2.05) is 19.1 Å². The predicted octanol–water partition coefficient (Wildman–Crippen LogP) is 3.47. The van der Waals surface area contributed by atoms with Gasteiger partial charge in [0.2, 0.25) is 10.8 Å². The molecule has 3 aromatic rings. The molecule has 128 valence electrons. The van der Waals surface area contributed by atoms with Gasteiger partial charge >= 0.3 is 0 Å². The number of aromatic nitrogens is 3. The zero-order valence-electron chi connectivity index (χ0n) is 14.0. The van der Waals surface area contributed by atoms with Crippen LogP contribution < -0.4 is 0 Å². The first-order chi connectivity index (χ1) is 11.7. The van der Waals surface area contributed by atoms with Crippen LogP contribution in [0.25, 0.3) is 4.96 Å². The Morgan fingerprint density at radius 3 is 3.04 bits per heavy atom. The Labute approximate surface area is 144 Å². The van der Waals surface area contributed by atoms with Crippen LogP contribution in [0.4, 0.5) is 0 Å². The van der Waals surface area contributed by atoms with Crippen molar-refractivity contribution in [3.63, 3.8) is 0 Å². The van der Waals surface area contributed by atoms with E-state index in [9.17, 15) is 5.11 Å². The average Bonchev–Trinajstić information content (AvgIpc) is 3.28. The molecule has 3 aromatic heterocycles. The summed E-state index contributed by atoms with van der Waals surface area (Å²) in [6, 6.07) is 3.80. The highest BCUT2D eigenvalue weighted by atomic mass is 32.1. The number of rotatable bonds is 4. The Morgan fingerprint density at radius 1 is 1.50 bits per heavy atom. The van der Waals surface area contributed by atoms with Crippen molar-refractivity contribution in [1.29, 1.82) is 0 Å². The van der Waals surface area contributed by atoms with Crippen molar-refractivity contribution in [1.82, 2.24) is 19.5 Å². The highest BCUT2D eigenvalue weighted by molar-refractivity contribution is 7.17. The van der Waals surface area contributed by atoms with Gasteiger partial charge < -0.3 is 9.52 Å². The van der Waals surface area contributed by atoms with Gasteiger partial charge in [0, 0.05) is 13.0 Å². The number of nitrogens with zero attached hydrogens (tertiary/aromatic N) is 4. The number of hydrogen-bond acceptors (Lipinski definition) is 6. The largest absolute Gasteiger partial charge is 0.492 e. The summed E-state index contributed by atoms with van der Waals surface area (Å²) < 4.78 is 7.27. The molecule has 1 aliphatic heterocycles. The minimum atomic E-state index is -0.0821. The number of piperidine rings is 1. The van der Waals surface area contributed by atoms with Crippen LogP contribution in [0.1, 0.15) is 49.2 Å². The van der Waals surface area contributed by atoms with Crippen molar-refractivity contribution < 1.29 is 9.52 Å². The molecule has 4 heterocycles. The van der Waals surface area contributed by atoms with Gasteiger partial charge in [-0.1, -0.05) is 25.2 Å². The summed E-state index contributed by atoms with van der Waals surface area (Å²) in [6.45, 7) is 6.29. The zero-order valence-corrected chi connectivity index (χ0v) is 14.8. The van der Waals surface area contributed by atoms with Gasteiger partial charge in [-0.2, -0.15) is 4.52 Å². The number of aromatic hydroxyl groups is 1. The first-order valence-corrected chi connectivity index (χ1v) is 9.33. The van der Waals surface area contributed by atoms with Crippen molar-refractivity contribution in [2.24, 2.45) is 5.92 Å². The molecule has 4 rings (SSSR count). The molecule has 0 spiro atoms. The number of furan rings is 1. The van der Waals surface area contributed by atoms with Crippen LogP contribution in [0.5, 0.6) is 5.88 Å². The SMILES string of the molecule is CCc1nc2sc([C@@H](c3ccco3)N3CCC[C@@H](C)C3)c(O)n2n1. The number of likely N-dealkylation sites (tertiary alicyclic amines) is 1. The molecule has 0 amide bonds. The molecule has 0 saturated carbocycles. The molecule has 24 heavy (non-hydrogen) atoms. The van der Waals surface area contributed by atoms with Crippen molar-refractivity contribution in [3.8, 4) is 5.88 Å². The van der Waals surface area contributed by atoms with Gasteiger partial charge in [-0.25, -0.2) is 4.98 Å². The number of hydrogen-bond donors (Lipinski definition) is 1. The van der Waals surface area contributed by atoms with E-state index in [4.69, 9.17) is 4.42 Å². The lowest BCUT2D eigenvalue weighted by molar-refractivity contribution is 0.136. The van der Waals surface area contributed by atoms with Crippen LogP contribution in [-0.4, -0.2) is 37.7 Å². The van der Waals surface area contributed by atoms with Crippen molar-refractivity contribution in [2.45, 2.75) is 39.2 Å². The molecule has 1 saturated heterocycles. The van der Waals surface area contributed by atoms with Gasteiger partial charge in [-0.3, -0.25) is 4.90 Å². The molecule has 1 N–H and O–H groups in total. The van der Waals surface area contributed by atoms with E-state index < -0.39 is 0 Å². The fourth-order valence-electron chi connectivity index (χ4n) is 3.50. The fourth-order valence-corrected chi connectivity index (χ4v) is 4.62. The smallest absolute Gasteiger partial charge is 0.230 e. The summed E-state index contributed by atoms with van der Waals surface area (Å²) in [6.07, 6.45) is 4.87. The quantitative estimate of drug-likeness (QED) is 0.783. The Balaban J connectivity index is 1.78. The summed E-state index contributed by atoms with van der Waals surface area (Å²) >= 11 is 1.50. The third kappa shape index (κ3) is 2.61. The molecule has 1 aliphatic rings. The maximum atomic E-state index is 10.8. The van der Waals surface area contributed by atoms with E-state index in [0.717, 1.165) is 40.9 Å². The van der Waals surface area contributed by atoms with Gasteiger partial charge in [0.1, 0.15) is 11.8 Å². The van der Waals surface area contributed by atoms with Crippen LogP contribution in [0.2, 0.25) is 0 Å². The summed E-state index contributed by atoms with van der Waals surface area (Å²) in [5.74, 6) is 2.44. The molecular formula is C17H22N4O2S. The van der Waals surface area contributed by atoms with Crippen LogP contribution in [0, 0.1) is 5.92 Å². The Kier molecular flexibility index (Phi) is 4.05. The van der Waals surface area contributed by atoms with Gasteiger partial charge in [-0.15, -0.1) is 5.10 Å². The van der Waals surface area contributed by atoms with Gasteiger partial charge in [0.05, 0.1) is 11.1 Å². The molecule has 0 aliphatic carbocycles. The average molecular weight is 346 g/mol. The lowest BCUT2D eigenvalue weighted by Gasteiger charge is -2.35. The maximum absolute atomic E-state index is 10.8. The highest BCUT2D eigenvalue weighted by Gasteiger charge is 2.33. The van der Waals surface area contributed by atoms with E-state index in [-0.39, 0.29) is 11.9 Å². The molecular weight excluding hydrogens is 324 g/mol. The summed E-state index contributed by atoms with van der Waals surface area (Å²) in [5, 5.41) is 15.2. The lowest BCUT2D eigenvalue weighted by atomic mass is 9.97. The zero-order chi connectivity index (χ0) is 16.7. The van der Waals surface area contributed by atoms with E-state index >= 15 is 0 Å². The Bertz CT molecular complexity index is 823. The molecule has 7 heteroatoms. The second kappa shape index (κ2) is 6.22. The summed E-state index contributed by atoms with van der Waals surface area (Å²) in [4.78, 5) is 8.49. The third-order valence-electron chi connectivity index (χ3n) is 4.67. The minimum Gasteiger partial charge on any atom is -0.492 e. The van der Waals surface area contributed by atoms with Crippen molar-refractivity contribution >= 4 is 16.3 Å². The van der Waals surface area contributed by atoms with Gasteiger partial charge in [0.25, 0.3) is 0 Å². The van der Waals surface area contributed by atoms with E-state index in [2.05, 4.69) is 21.9 Å². The second-order valence-corrected chi connectivity index (χ2v) is 7.54. The predicted molar refractivity (Wildman–Crippen MR) is 92.4 cm³/mol. The first kappa shape index (κ1) is 15.7. The van der Waals surface area contributed by atoms with Crippen molar-refractivity contribution in [3.05, 3.63) is 34.9 Å². The molecule has 2 atom stereocenters. The Hall–Kier alpha value is -1.86. The number of thiazole rings is 1. The molecule has 0 bridgehead atoms. The number of fused-ring (bicyclic) bond motifs is 1. The summed E-state index contributed by atoms with van der Waals surface area (Å²) in [7, 11) is 0. The molecule has 6 nitrogen and oxygen atoms in total. The Morgan fingerprint density at radius 2 is 2.38 bits per heavy atom. The standard InChI is InChI=1S/C17H22N4O2S/c1-3-13-18-17-21(19-13)16(22)15(24-17)14(12-7-5-9-23-12)20-8-4-6-11(2)10-20/h5,7,9,11,14,22H,3-4,6,8,10H2,1-2H3/t11-,14-/m1/s1. The van der Waals surface area contributed by atoms with Crippen molar-refractivity contribution in [2.75, 3.05) is 13.1 Å². The number of aryl methyl sites for hydroxylation is 1. The molecule has 0 unspecified atom stereocenters. The molecule has 1 fully saturated rings. The second-order valence-electron chi connectivity index (χ2n) is 6.53. The van der Waals surface area contributed by atoms with E-state index in [1.54, 1.807) is 10.8 Å². The van der Waals surface area contributed by atoms with Crippen LogP contribution >= 0.6 is 11.3 Å². The third-order valence-corrected chi connectivity index (χ3v) is 5.75. The summed E-state index contributed by atoms with van der Waals surface area (Å²) in [5.41, 5.74) is 0. The monoisotopic (exact) mass is 346 g/mol. The fraction of sp³-hybridized carbons (Fsp3) is 0.529. The van der Waals surface area contributed by atoms with Crippen LogP contribution in [-0.2, 0) is 6.42 Å². The first-order valence-electron chi connectivity index (χ1n) is 8.52. The molecule has 0 radical (unpaired) electrons. The maximum Gasteiger partial charge on any atom is 0.230 e. The molecule has 0 aromatic carbocycles. The minimum absolute atomic E-state index is 0.0821. The highest BCUT2D eigenvalue weighted by Crippen LogP contribution is 2.41. The van der Waals surface area contributed by atoms with Crippen LogP contribution in [0.3, 0.4) is 0 Å². The van der Waals surface area contributed by atoms with Gasteiger partial charge in [0.15, 0.2) is 5.82 Å². The normalized spacial score (nSPS) is 20.7. The van der Waals surface area contributed by atoms with Gasteiger partial charge in [-0.05, 0) is 37.4 Å². The van der Waals surface area contributed by atoms with Crippen LogP contribution in [0.15, 0.2) is 22.8 Å². The topological polar surface area (TPSA) is 66.8 Å². The van der Waals surface area contributed by atoms with E-state index in [0.29, 0.717) is 5.92 Å². The lowest BCUT2D eigenvalue weighted by Crippen LogP contribution is -2.37.